The molecule has 0 fully saturated rings. The minimum atomic E-state index is 0.674. The van der Waals surface area contributed by atoms with Crippen molar-refractivity contribution in [2.24, 2.45) is 0 Å². The molecule has 0 unspecified atom stereocenters. The van der Waals surface area contributed by atoms with E-state index in [1.54, 1.807) is 11.3 Å². The number of halogens is 1. The number of hydrogen-bond donors (Lipinski definition) is 1. The van der Waals surface area contributed by atoms with E-state index in [1.807, 2.05) is 35.0 Å². The third-order valence-corrected chi connectivity index (χ3v) is 5.73. The zero-order chi connectivity index (χ0) is 19.7. The van der Waals surface area contributed by atoms with Crippen LogP contribution in [-0.2, 0) is 0 Å². The molecular weight excluding hydrogens is 390 g/mol. The zero-order valence-corrected chi connectivity index (χ0v) is 17.7. The normalized spacial score (nSPS) is 11.1. The Hall–Kier alpha value is -2.57. The maximum atomic E-state index is 6.17. The molecule has 0 aliphatic heterocycles. The Balaban J connectivity index is 1.59. The highest BCUT2D eigenvalue weighted by Gasteiger charge is 2.14. The van der Waals surface area contributed by atoms with Crippen LogP contribution in [0.1, 0.15) is 19.5 Å². The zero-order valence-electron chi connectivity index (χ0n) is 16.1. The molecule has 3 heterocycles. The quantitative estimate of drug-likeness (QED) is 0.422. The first-order chi connectivity index (χ1) is 13.6. The second-order valence-electron chi connectivity index (χ2n) is 6.50. The number of aromatic nitrogens is 3. The Labute approximate surface area is 173 Å². The molecule has 1 aromatic carbocycles. The van der Waals surface area contributed by atoms with Crippen LogP contribution in [0.25, 0.3) is 17.0 Å². The Kier molecular flexibility index (Phi) is 5.24. The van der Waals surface area contributed by atoms with Crippen LogP contribution < -0.4 is 10.2 Å². The van der Waals surface area contributed by atoms with Gasteiger partial charge in [0.2, 0.25) is 0 Å². The summed E-state index contributed by atoms with van der Waals surface area (Å²) in [6, 6.07) is 12.2. The molecule has 144 valence electrons. The number of fused-ring (bicyclic) bond motifs is 1. The monoisotopic (exact) mass is 411 g/mol. The fourth-order valence-electron chi connectivity index (χ4n) is 3.35. The van der Waals surface area contributed by atoms with Crippen LogP contribution in [0.15, 0.2) is 48.0 Å². The van der Waals surface area contributed by atoms with E-state index >= 15 is 0 Å². The van der Waals surface area contributed by atoms with Crippen LogP contribution in [0.2, 0.25) is 5.02 Å². The SMILES string of the molecule is CCN(CC)c1ccc(Nc2nc(-c3c(C)nc4ccc(Cl)cn34)cs2)cc1. The van der Waals surface area contributed by atoms with Crippen LogP contribution in [0, 0.1) is 6.92 Å². The fraction of sp³-hybridized carbons (Fsp3) is 0.238. The average Bonchev–Trinajstić information content (AvgIpc) is 3.27. The van der Waals surface area contributed by atoms with Gasteiger partial charge in [-0.05, 0) is 57.2 Å². The van der Waals surface area contributed by atoms with Gasteiger partial charge in [0.1, 0.15) is 11.3 Å². The lowest BCUT2D eigenvalue weighted by molar-refractivity contribution is 0.866. The van der Waals surface area contributed by atoms with Gasteiger partial charge in [-0.15, -0.1) is 11.3 Å². The van der Waals surface area contributed by atoms with Crippen LogP contribution >= 0.6 is 22.9 Å². The molecule has 1 N–H and O–H groups in total. The topological polar surface area (TPSA) is 45.5 Å². The summed E-state index contributed by atoms with van der Waals surface area (Å²) in [6.07, 6.45) is 1.88. The van der Waals surface area contributed by atoms with Crippen molar-refractivity contribution in [2.45, 2.75) is 20.8 Å². The number of nitrogens with one attached hydrogen (secondary N) is 1. The lowest BCUT2D eigenvalue weighted by Crippen LogP contribution is -2.21. The van der Waals surface area contributed by atoms with Gasteiger partial charge in [-0.1, -0.05) is 11.6 Å². The molecule has 0 amide bonds. The van der Waals surface area contributed by atoms with Crippen molar-refractivity contribution in [1.82, 2.24) is 14.4 Å². The third kappa shape index (κ3) is 3.57. The van der Waals surface area contributed by atoms with Crippen molar-refractivity contribution in [2.75, 3.05) is 23.3 Å². The molecule has 4 aromatic rings. The molecule has 7 heteroatoms. The van der Waals surface area contributed by atoms with Crippen molar-refractivity contribution >= 4 is 45.1 Å². The standard InChI is InChI=1S/C21H22ClN5S/c1-4-26(5-2)17-9-7-16(8-10-17)24-21-25-18(13-28-21)20-14(3)23-19-11-6-15(22)12-27(19)20/h6-13H,4-5H2,1-3H3,(H,24,25). The van der Waals surface area contributed by atoms with E-state index in [0.29, 0.717) is 5.02 Å². The predicted octanol–water partition coefficient (Wildman–Crippen LogP) is 6.01. The molecule has 0 aliphatic rings. The fourth-order valence-corrected chi connectivity index (χ4v) is 4.23. The number of hydrogen-bond acceptors (Lipinski definition) is 5. The highest BCUT2D eigenvalue weighted by Crippen LogP contribution is 2.31. The molecule has 0 saturated carbocycles. The number of imidazole rings is 1. The molecule has 0 radical (unpaired) electrons. The van der Waals surface area contributed by atoms with E-state index in [1.165, 1.54) is 5.69 Å². The second-order valence-corrected chi connectivity index (χ2v) is 7.80. The summed E-state index contributed by atoms with van der Waals surface area (Å²) in [5.74, 6) is 0. The number of rotatable bonds is 6. The molecular formula is C21H22ClN5S. The van der Waals surface area contributed by atoms with E-state index in [2.05, 4.69) is 53.3 Å². The van der Waals surface area contributed by atoms with Crippen LogP contribution in [0.4, 0.5) is 16.5 Å². The number of nitrogens with zero attached hydrogens (tertiary/aromatic N) is 4. The number of pyridine rings is 1. The molecule has 0 aliphatic carbocycles. The Bertz CT molecular complexity index is 1100. The van der Waals surface area contributed by atoms with E-state index in [0.717, 1.165) is 46.6 Å². The number of thiazole rings is 1. The van der Waals surface area contributed by atoms with Gasteiger partial charge in [-0.3, -0.25) is 4.40 Å². The van der Waals surface area contributed by atoms with E-state index in [-0.39, 0.29) is 0 Å². The van der Waals surface area contributed by atoms with Gasteiger partial charge in [0, 0.05) is 36.0 Å². The molecule has 0 saturated heterocycles. The number of aryl methyl sites for hydroxylation is 1. The van der Waals surface area contributed by atoms with Gasteiger partial charge >= 0.3 is 0 Å². The summed E-state index contributed by atoms with van der Waals surface area (Å²) in [7, 11) is 0. The molecule has 0 spiro atoms. The Morgan fingerprint density at radius 1 is 1.07 bits per heavy atom. The van der Waals surface area contributed by atoms with Gasteiger partial charge in [0.15, 0.2) is 5.13 Å². The predicted molar refractivity (Wildman–Crippen MR) is 119 cm³/mol. The number of benzene rings is 1. The van der Waals surface area contributed by atoms with Crippen LogP contribution in [0.3, 0.4) is 0 Å². The summed E-state index contributed by atoms with van der Waals surface area (Å²) in [5, 5.41) is 6.97. The second kappa shape index (κ2) is 7.81. The Morgan fingerprint density at radius 3 is 2.54 bits per heavy atom. The lowest BCUT2D eigenvalue weighted by atomic mass is 10.2. The number of anilines is 3. The minimum absolute atomic E-state index is 0.674. The first kappa shape index (κ1) is 18.8. The van der Waals surface area contributed by atoms with Crippen molar-refractivity contribution in [1.29, 1.82) is 0 Å². The molecule has 0 bridgehead atoms. The lowest BCUT2D eigenvalue weighted by Gasteiger charge is -2.21. The average molecular weight is 412 g/mol. The van der Waals surface area contributed by atoms with E-state index < -0.39 is 0 Å². The minimum Gasteiger partial charge on any atom is -0.372 e. The van der Waals surface area contributed by atoms with Crippen molar-refractivity contribution < 1.29 is 0 Å². The van der Waals surface area contributed by atoms with Gasteiger partial charge in [0.05, 0.1) is 16.4 Å². The molecule has 3 aromatic heterocycles. The highest BCUT2D eigenvalue weighted by molar-refractivity contribution is 7.14. The maximum absolute atomic E-state index is 6.17. The van der Waals surface area contributed by atoms with Gasteiger partial charge in [-0.25, -0.2) is 9.97 Å². The maximum Gasteiger partial charge on any atom is 0.187 e. The van der Waals surface area contributed by atoms with Crippen molar-refractivity contribution in [3.8, 4) is 11.4 Å². The largest absolute Gasteiger partial charge is 0.372 e. The third-order valence-electron chi connectivity index (χ3n) is 4.75. The van der Waals surface area contributed by atoms with Gasteiger partial charge in [-0.2, -0.15) is 0 Å². The van der Waals surface area contributed by atoms with Crippen LogP contribution in [-0.4, -0.2) is 27.5 Å². The highest BCUT2D eigenvalue weighted by atomic mass is 35.5. The summed E-state index contributed by atoms with van der Waals surface area (Å²) in [5.41, 5.74) is 5.91. The smallest absolute Gasteiger partial charge is 0.187 e. The van der Waals surface area contributed by atoms with E-state index in [9.17, 15) is 0 Å². The van der Waals surface area contributed by atoms with Gasteiger partial charge in [0.25, 0.3) is 0 Å². The molecule has 4 rings (SSSR count). The van der Waals surface area contributed by atoms with Gasteiger partial charge < -0.3 is 10.2 Å². The van der Waals surface area contributed by atoms with E-state index in [4.69, 9.17) is 16.6 Å². The first-order valence-corrected chi connectivity index (χ1v) is 10.6. The Morgan fingerprint density at radius 2 is 1.82 bits per heavy atom. The van der Waals surface area contributed by atoms with Crippen molar-refractivity contribution in [3.63, 3.8) is 0 Å². The summed E-state index contributed by atoms with van der Waals surface area (Å²) in [6.45, 7) is 8.34. The summed E-state index contributed by atoms with van der Waals surface area (Å²) >= 11 is 7.75. The summed E-state index contributed by atoms with van der Waals surface area (Å²) in [4.78, 5) is 11.7. The molecule has 0 atom stereocenters. The first-order valence-electron chi connectivity index (χ1n) is 9.31. The molecule has 5 nitrogen and oxygen atoms in total. The van der Waals surface area contributed by atoms with Crippen molar-refractivity contribution in [3.05, 3.63) is 58.7 Å². The molecule has 28 heavy (non-hydrogen) atoms. The van der Waals surface area contributed by atoms with Crippen LogP contribution in [0.5, 0.6) is 0 Å². The summed E-state index contributed by atoms with van der Waals surface area (Å²) < 4.78 is 2.00.